The molecule has 0 spiro atoms. The van der Waals surface area contributed by atoms with Crippen LogP contribution in [0.15, 0.2) is 11.6 Å². The molecule has 1 aliphatic rings. The molecule has 1 rings (SSSR count). The molecule has 9 heavy (non-hydrogen) atoms. The topological polar surface area (TPSA) is 0 Å². The zero-order chi connectivity index (χ0) is 6.53. The first-order valence-electron chi connectivity index (χ1n) is 3.61. The van der Waals surface area contributed by atoms with Crippen LogP contribution in [0.25, 0.3) is 0 Å². The highest BCUT2D eigenvalue weighted by Crippen LogP contribution is 2.15. The van der Waals surface area contributed by atoms with E-state index >= 15 is 0 Å². The summed E-state index contributed by atoms with van der Waals surface area (Å²) in [5.41, 5.74) is 1.36. The van der Waals surface area contributed by atoms with Crippen LogP contribution in [-0.2, 0) is 0 Å². The second kappa shape index (κ2) is 3.35. The van der Waals surface area contributed by atoms with Crippen molar-refractivity contribution < 1.29 is 0 Å². The minimum absolute atomic E-state index is 0.983. The van der Waals surface area contributed by atoms with Crippen molar-refractivity contribution >= 4 is 0 Å². The fraction of sp³-hybridized carbons (Fsp3) is 0.556. The average molecular weight is 120 g/mol. The second-order valence-corrected chi connectivity index (χ2v) is 2.28. The van der Waals surface area contributed by atoms with Crippen LogP contribution >= 0.6 is 0 Å². The minimum Gasteiger partial charge on any atom is -0.0985 e. The molecule has 1 aliphatic carbocycles. The Morgan fingerprint density at radius 2 is 2.56 bits per heavy atom. The van der Waals surface area contributed by atoms with Crippen molar-refractivity contribution in [1.29, 1.82) is 0 Å². The van der Waals surface area contributed by atoms with E-state index in [4.69, 9.17) is 0 Å². The molecule has 0 bridgehead atoms. The Labute approximate surface area is 57.0 Å². The lowest BCUT2D eigenvalue weighted by atomic mass is 10.2. The Bertz CT molecular complexity index is 164. The van der Waals surface area contributed by atoms with Crippen molar-refractivity contribution in [1.82, 2.24) is 0 Å². The third-order valence-corrected chi connectivity index (χ3v) is 1.47. The molecule has 0 saturated carbocycles. The third kappa shape index (κ3) is 1.93. The molecule has 0 aliphatic heterocycles. The fourth-order valence-electron chi connectivity index (χ4n) is 0.986. The summed E-state index contributed by atoms with van der Waals surface area (Å²) in [6, 6.07) is 0. The Morgan fingerprint density at radius 1 is 1.67 bits per heavy atom. The van der Waals surface area contributed by atoms with E-state index in [0.29, 0.717) is 0 Å². The molecule has 0 N–H and O–H groups in total. The molecule has 0 radical (unpaired) electrons. The Morgan fingerprint density at radius 3 is 3.11 bits per heavy atom. The molecule has 0 amide bonds. The second-order valence-electron chi connectivity index (χ2n) is 2.28. The lowest BCUT2D eigenvalue weighted by Crippen LogP contribution is -1.68. The fourth-order valence-corrected chi connectivity index (χ4v) is 0.986. The summed E-state index contributed by atoms with van der Waals surface area (Å²) in [4.78, 5) is 0. The van der Waals surface area contributed by atoms with Crippen LogP contribution in [0.5, 0.6) is 0 Å². The SMILES string of the molecule is CCC#CC1=CCCC1. The third-order valence-electron chi connectivity index (χ3n) is 1.47. The molecule has 0 aromatic carbocycles. The number of rotatable bonds is 0. The molecule has 48 valence electrons. The summed E-state index contributed by atoms with van der Waals surface area (Å²) >= 11 is 0. The average Bonchev–Trinajstić information content (AvgIpc) is 2.34. The maximum Gasteiger partial charge on any atom is 0.00638 e. The van der Waals surface area contributed by atoms with E-state index in [1.165, 1.54) is 24.8 Å². The first kappa shape index (κ1) is 6.42. The lowest BCUT2D eigenvalue weighted by molar-refractivity contribution is 0.919. The lowest BCUT2D eigenvalue weighted by Gasteiger charge is -1.82. The van der Waals surface area contributed by atoms with Crippen LogP contribution < -0.4 is 0 Å². The highest BCUT2D eigenvalue weighted by Gasteiger charge is 1.98. The monoisotopic (exact) mass is 120 g/mol. The van der Waals surface area contributed by atoms with Crippen LogP contribution in [0.4, 0.5) is 0 Å². The van der Waals surface area contributed by atoms with Crippen molar-refractivity contribution in [3.8, 4) is 11.8 Å². The van der Waals surface area contributed by atoms with Crippen molar-refractivity contribution in [3.05, 3.63) is 11.6 Å². The Balaban J connectivity index is 2.43. The van der Waals surface area contributed by atoms with Gasteiger partial charge in [0, 0.05) is 6.42 Å². The molecular weight excluding hydrogens is 108 g/mol. The number of allylic oxidation sites excluding steroid dienone is 2. The first-order valence-corrected chi connectivity index (χ1v) is 3.61. The van der Waals surface area contributed by atoms with Crippen molar-refractivity contribution in [2.45, 2.75) is 32.6 Å². The highest BCUT2D eigenvalue weighted by atomic mass is 14.0. The maximum atomic E-state index is 3.14. The van der Waals surface area contributed by atoms with E-state index in [1.54, 1.807) is 0 Å². The molecule has 0 nitrogen and oxygen atoms in total. The van der Waals surface area contributed by atoms with Gasteiger partial charge in [0.2, 0.25) is 0 Å². The highest BCUT2D eigenvalue weighted by molar-refractivity contribution is 5.30. The van der Waals surface area contributed by atoms with Gasteiger partial charge in [-0.15, -0.1) is 0 Å². The van der Waals surface area contributed by atoms with Crippen LogP contribution in [0, 0.1) is 11.8 Å². The summed E-state index contributed by atoms with van der Waals surface area (Å²) < 4.78 is 0. The quantitative estimate of drug-likeness (QED) is 0.431. The molecule has 0 heteroatoms. The molecular formula is C9H12. The molecule has 0 aromatic rings. The van der Waals surface area contributed by atoms with Gasteiger partial charge in [-0.05, 0) is 24.8 Å². The van der Waals surface area contributed by atoms with Crippen molar-refractivity contribution in [2.75, 3.05) is 0 Å². The van der Waals surface area contributed by atoms with E-state index in [2.05, 4.69) is 24.8 Å². The van der Waals surface area contributed by atoms with Gasteiger partial charge in [-0.2, -0.15) is 0 Å². The zero-order valence-corrected chi connectivity index (χ0v) is 5.91. The normalized spacial score (nSPS) is 16.3. The number of hydrogen-bond donors (Lipinski definition) is 0. The van der Waals surface area contributed by atoms with Gasteiger partial charge in [0.05, 0.1) is 0 Å². The van der Waals surface area contributed by atoms with Crippen molar-refractivity contribution in [2.24, 2.45) is 0 Å². The van der Waals surface area contributed by atoms with E-state index in [0.717, 1.165) is 6.42 Å². The van der Waals surface area contributed by atoms with Gasteiger partial charge in [-0.3, -0.25) is 0 Å². The van der Waals surface area contributed by atoms with Crippen LogP contribution in [-0.4, -0.2) is 0 Å². The minimum atomic E-state index is 0.983. The Kier molecular flexibility index (Phi) is 2.39. The molecule has 0 aromatic heterocycles. The van der Waals surface area contributed by atoms with Gasteiger partial charge in [-0.25, -0.2) is 0 Å². The van der Waals surface area contributed by atoms with Gasteiger partial charge in [0.15, 0.2) is 0 Å². The summed E-state index contributed by atoms with van der Waals surface area (Å²) in [5.74, 6) is 6.21. The molecule has 0 atom stereocenters. The van der Waals surface area contributed by atoms with E-state index < -0.39 is 0 Å². The molecule has 0 heterocycles. The van der Waals surface area contributed by atoms with Gasteiger partial charge >= 0.3 is 0 Å². The summed E-state index contributed by atoms with van der Waals surface area (Å²) in [6.45, 7) is 2.09. The van der Waals surface area contributed by atoms with Gasteiger partial charge in [-0.1, -0.05) is 24.8 Å². The van der Waals surface area contributed by atoms with Crippen LogP contribution in [0.1, 0.15) is 32.6 Å². The van der Waals surface area contributed by atoms with E-state index in [1.807, 2.05) is 0 Å². The smallest absolute Gasteiger partial charge is 0.00638 e. The van der Waals surface area contributed by atoms with Crippen LogP contribution in [0.2, 0.25) is 0 Å². The largest absolute Gasteiger partial charge is 0.0985 e. The zero-order valence-electron chi connectivity index (χ0n) is 5.91. The summed E-state index contributed by atoms with van der Waals surface area (Å²) in [5, 5.41) is 0. The van der Waals surface area contributed by atoms with Gasteiger partial charge in [0.25, 0.3) is 0 Å². The summed E-state index contributed by atoms with van der Waals surface area (Å²) in [7, 11) is 0. The van der Waals surface area contributed by atoms with Crippen LogP contribution in [0.3, 0.4) is 0 Å². The van der Waals surface area contributed by atoms with Gasteiger partial charge < -0.3 is 0 Å². The Hall–Kier alpha value is -0.700. The van der Waals surface area contributed by atoms with Crippen molar-refractivity contribution in [3.63, 3.8) is 0 Å². The molecule has 0 saturated heterocycles. The summed E-state index contributed by atoms with van der Waals surface area (Å²) in [6.07, 6.45) is 7.01. The van der Waals surface area contributed by atoms with Gasteiger partial charge in [0.1, 0.15) is 0 Å². The van der Waals surface area contributed by atoms with E-state index in [-0.39, 0.29) is 0 Å². The predicted octanol–water partition coefficient (Wildman–Crippen LogP) is 2.51. The molecule has 0 fully saturated rings. The standard InChI is InChI=1S/C9H12/c1-2-3-6-9-7-4-5-8-9/h7H,2,4-5,8H2,1H3. The molecule has 0 unspecified atom stereocenters. The van der Waals surface area contributed by atoms with E-state index in [9.17, 15) is 0 Å². The predicted molar refractivity (Wildman–Crippen MR) is 40.0 cm³/mol. The number of hydrogen-bond acceptors (Lipinski definition) is 0. The first-order chi connectivity index (χ1) is 4.43. The maximum absolute atomic E-state index is 3.14.